The minimum absolute atomic E-state index is 0.143. The van der Waals surface area contributed by atoms with Crippen LogP contribution in [-0.2, 0) is 0 Å². The third-order valence-electron chi connectivity index (χ3n) is 5.83. The summed E-state index contributed by atoms with van der Waals surface area (Å²) < 4.78 is 6.90. The Morgan fingerprint density at radius 2 is 1.81 bits per heavy atom. The molecule has 5 rings (SSSR count). The van der Waals surface area contributed by atoms with Gasteiger partial charge in [0.1, 0.15) is 5.75 Å². The summed E-state index contributed by atoms with van der Waals surface area (Å²) in [5.74, 6) is 0.673. The Morgan fingerprint density at radius 3 is 2.59 bits per heavy atom. The Labute approximate surface area is 189 Å². The smallest absolute Gasteiger partial charge is 0.265 e. The minimum Gasteiger partial charge on any atom is -0.495 e. The van der Waals surface area contributed by atoms with Crippen molar-refractivity contribution in [3.8, 4) is 5.75 Å². The van der Waals surface area contributed by atoms with Crippen molar-refractivity contribution in [1.82, 2.24) is 14.3 Å². The molecule has 1 amide bonds. The van der Waals surface area contributed by atoms with Crippen LogP contribution in [0.4, 0.5) is 5.69 Å². The molecular weight excluding hydrogens is 428 g/mol. The molecule has 1 saturated heterocycles. The van der Waals surface area contributed by atoms with Gasteiger partial charge in [0.05, 0.1) is 29.3 Å². The topological polar surface area (TPSA) is 67.2 Å². The highest BCUT2D eigenvalue weighted by Crippen LogP contribution is 2.28. The largest absolute Gasteiger partial charge is 0.495 e. The summed E-state index contributed by atoms with van der Waals surface area (Å²) in [7, 11) is 1.66. The van der Waals surface area contributed by atoms with Crippen LogP contribution >= 0.6 is 11.6 Å². The van der Waals surface area contributed by atoms with E-state index in [2.05, 4.69) is 9.88 Å². The number of ether oxygens (including phenoxy) is 1. The van der Waals surface area contributed by atoms with Gasteiger partial charge in [-0.15, -0.1) is 0 Å². The molecule has 3 heterocycles. The van der Waals surface area contributed by atoms with Gasteiger partial charge in [-0.1, -0.05) is 23.7 Å². The fraction of sp³-hybridized carbons (Fsp3) is 0.208. The van der Waals surface area contributed by atoms with Gasteiger partial charge in [-0.05, 0) is 42.5 Å². The highest BCUT2D eigenvalue weighted by molar-refractivity contribution is 6.31. The van der Waals surface area contributed by atoms with Gasteiger partial charge in [0.25, 0.3) is 11.5 Å². The summed E-state index contributed by atoms with van der Waals surface area (Å²) in [5.41, 5.74) is 2.01. The quantitative estimate of drug-likeness (QED) is 0.449. The molecule has 0 N–H and O–H groups in total. The first-order valence-electron chi connectivity index (χ1n) is 10.3. The van der Waals surface area contributed by atoms with Gasteiger partial charge >= 0.3 is 0 Å². The normalized spacial score (nSPS) is 14.2. The number of hydrogen-bond donors (Lipinski definition) is 0. The number of rotatable bonds is 3. The van der Waals surface area contributed by atoms with Gasteiger partial charge in [0.15, 0.2) is 5.65 Å². The zero-order chi connectivity index (χ0) is 22.2. The Bertz CT molecular complexity index is 1390. The number of para-hydroxylation sites is 2. The Hall–Kier alpha value is -3.58. The lowest BCUT2D eigenvalue weighted by Crippen LogP contribution is -2.49. The van der Waals surface area contributed by atoms with E-state index in [1.807, 2.05) is 24.3 Å². The second kappa shape index (κ2) is 8.16. The van der Waals surface area contributed by atoms with E-state index in [4.69, 9.17) is 16.3 Å². The van der Waals surface area contributed by atoms with Gasteiger partial charge in [0, 0.05) is 37.4 Å². The molecule has 32 heavy (non-hydrogen) atoms. The number of pyridine rings is 1. The number of aromatic nitrogens is 2. The number of amides is 1. The van der Waals surface area contributed by atoms with Crippen LogP contribution in [-0.4, -0.2) is 53.5 Å². The SMILES string of the molecule is COc1ccccc1N1CCN(C(=O)c2cccn3c(=O)c4ccc(Cl)cc4nc23)CC1. The van der Waals surface area contributed by atoms with Crippen LogP contribution in [0.2, 0.25) is 5.02 Å². The molecule has 1 aliphatic heterocycles. The number of nitrogens with zero attached hydrogens (tertiary/aromatic N) is 4. The third-order valence-corrected chi connectivity index (χ3v) is 6.06. The zero-order valence-electron chi connectivity index (χ0n) is 17.5. The molecule has 162 valence electrons. The van der Waals surface area contributed by atoms with E-state index in [1.54, 1.807) is 48.5 Å². The molecule has 0 atom stereocenters. The van der Waals surface area contributed by atoms with Crippen LogP contribution in [0.5, 0.6) is 5.75 Å². The predicted octanol–water partition coefficient (Wildman–Crippen LogP) is 3.47. The summed E-state index contributed by atoms with van der Waals surface area (Å²) in [6.07, 6.45) is 1.63. The second-order valence-electron chi connectivity index (χ2n) is 7.64. The molecular formula is C24H21ClN4O3. The van der Waals surface area contributed by atoms with Crippen LogP contribution in [0.15, 0.2) is 65.6 Å². The maximum absolute atomic E-state index is 13.4. The van der Waals surface area contributed by atoms with E-state index in [0.717, 1.165) is 11.4 Å². The molecule has 0 radical (unpaired) electrons. The van der Waals surface area contributed by atoms with Crippen molar-refractivity contribution >= 4 is 39.7 Å². The molecule has 2 aromatic carbocycles. The summed E-state index contributed by atoms with van der Waals surface area (Å²) in [6.45, 7) is 2.48. The fourth-order valence-corrected chi connectivity index (χ4v) is 4.35. The average Bonchev–Trinajstić information content (AvgIpc) is 2.83. The van der Waals surface area contributed by atoms with Gasteiger partial charge < -0.3 is 14.5 Å². The Balaban J connectivity index is 1.45. The molecule has 1 fully saturated rings. The van der Waals surface area contributed by atoms with Crippen molar-refractivity contribution < 1.29 is 9.53 Å². The lowest BCUT2D eigenvalue weighted by molar-refractivity contribution is 0.0748. The molecule has 0 bridgehead atoms. The summed E-state index contributed by atoms with van der Waals surface area (Å²) in [4.78, 5) is 35.0. The van der Waals surface area contributed by atoms with Crippen molar-refractivity contribution in [2.45, 2.75) is 0 Å². The van der Waals surface area contributed by atoms with Crippen LogP contribution in [0, 0.1) is 0 Å². The van der Waals surface area contributed by atoms with E-state index in [-0.39, 0.29) is 11.5 Å². The minimum atomic E-state index is -0.225. The molecule has 0 aliphatic carbocycles. The fourth-order valence-electron chi connectivity index (χ4n) is 4.18. The first-order chi connectivity index (χ1) is 15.6. The Morgan fingerprint density at radius 1 is 1.03 bits per heavy atom. The average molecular weight is 449 g/mol. The number of piperazine rings is 1. The number of halogens is 1. The molecule has 7 nitrogen and oxygen atoms in total. The second-order valence-corrected chi connectivity index (χ2v) is 8.08. The molecule has 0 unspecified atom stereocenters. The molecule has 1 aliphatic rings. The maximum atomic E-state index is 13.4. The molecule has 0 spiro atoms. The molecule has 8 heteroatoms. The van der Waals surface area contributed by atoms with Crippen LogP contribution in [0.25, 0.3) is 16.6 Å². The lowest BCUT2D eigenvalue weighted by atomic mass is 10.1. The van der Waals surface area contributed by atoms with Gasteiger partial charge in [-0.25, -0.2) is 4.98 Å². The van der Waals surface area contributed by atoms with E-state index in [9.17, 15) is 9.59 Å². The number of methoxy groups -OCH3 is 1. The van der Waals surface area contributed by atoms with E-state index >= 15 is 0 Å². The number of anilines is 1. The first-order valence-corrected chi connectivity index (χ1v) is 10.7. The van der Waals surface area contributed by atoms with E-state index in [1.165, 1.54) is 4.40 Å². The summed E-state index contributed by atoms with van der Waals surface area (Å²) >= 11 is 6.09. The van der Waals surface area contributed by atoms with Crippen LogP contribution in [0.1, 0.15) is 10.4 Å². The van der Waals surface area contributed by atoms with Crippen molar-refractivity contribution in [2.24, 2.45) is 0 Å². The highest BCUT2D eigenvalue weighted by atomic mass is 35.5. The summed E-state index contributed by atoms with van der Waals surface area (Å²) in [6, 6.07) is 16.3. The van der Waals surface area contributed by atoms with Crippen molar-refractivity contribution in [2.75, 3.05) is 38.2 Å². The predicted molar refractivity (Wildman–Crippen MR) is 125 cm³/mol. The number of carbonyl (C=O) groups excluding carboxylic acids is 1. The maximum Gasteiger partial charge on any atom is 0.265 e. The van der Waals surface area contributed by atoms with Crippen LogP contribution < -0.4 is 15.2 Å². The highest BCUT2D eigenvalue weighted by Gasteiger charge is 2.25. The molecule has 0 saturated carbocycles. The Kier molecular flexibility index (Phi) is 5.19. The number of hydrogen-bond acceptors (Lipinski definition) is 5. The summed E-state index contributed by atoms with van der Waals surface area (Å²) in [5, 5.41) is 0.951. The molecule has 2 aromatic heterocycles. The van der Waals surface area contributed by atoms with Gasteiger partial charge in [0.2, 0.25) is 0 Å². The first kappa shape index (κ1) is 20.3. The van der Waals surface area contributed by atoms with Crippen molar-refractivity contribution in [3.63, 3.8) is 0 Å². The molecule has 4 aromatic rings. The van der Waals surface area contributed by atoms with Crippen molar-refractivity contribution in [3.05, 3.63) is 81.7 Å². The zero-order valence-corrected chi connectivity index (χ0v) is 18.2. The van der Waals surface area contributed by atoms with Crippen LogP contribution in [0.3, 0.4) is 0 Å². The monoisotopic (exact) mass is 448 g/mol. The standard InChI is InChI=1S/C24H21ClN4O3/c1-32-21-7-3-2-6-20(21)27-11-13-28(14-12-27)23(30)18-5-4-10-29-22(18)26-19-15-16(25)8-9-17(19)24(29)31/h2-10,15H,11-14H2,1H3. The van der Waals surface area contributed by atoms with Gasteiger partial charge in [-0.2, -0.15) is 0 Å². The van der Waals surface area contributed by atoms with Crippen molar-refractivity contribution in [1.29, 1.82) is 0 Å². The third kappa shape index (κ3) is 3.44. The lowest BCUT2D eigenvalue weighted by Gasteiger charge is -2.36. The number of benzene rings is 2. The van der Waals surface area contributed by atoms with E-state index in [0.29, 0.717) is 53.3 Å². The van der Waals surface area contributed by atoms with Gasteiger partial charge in [-0.3, -0.25) is 14.0 Å². The number of fused-ring (bicyclic) bond motifs is 2. The number of carbonyl (C=O) groups is 1. The van der Waals surface area contributed by atoms with E-state index < -0.39 is 0 Å².